The lowest BCUT2D eigenvalue weighted by atomic mass is 9.59. The molecule has 0 saturated heterocycles. The van der Waals surface area contributed by atoms with Gasteiger partial charge in [-0.05, 0) is 79.2 Å². The largest absolute Gasteiger partial charge is 0.402 e. The second-order valence-corrected chi connectivity index (χ2v) is 12.5. The Hall–Kier alpha value is -5.06. The van der Waals surface area contributed by atoms with E-state index in [9.17, 15) is 5.11 Å². The van der Waals surface area contributed by atoms with Gasteiger partial charge in [-0.25, -0.2) is 4.98 Å². The van der Waals surface area contributed by atoms with E-state index in [1.807, 2.05) is 48.5 Å². The summed E-state index contributed by atoms with van der Waals surface area (Å²) in [6.45, 7) is 0. The van der Waals surface area contributed by atoms with Gasteiger partial charge in [0.1, 0.15) is 60.7 Å². The molecule has 1 N–H and O–H groups in total. The standard InChI is InChI=1S/C40H21B7N2O/c41-34-33(35(42)37(44)38(45)36(34)43)23-15-13-21(14-16-23)31-25-7-1-3-9-27(25)32(28-10-4-2-8-26(28)31)22-17-19-24(20-18-22)49-30-12-6-5-11-29(30)48-39(49)40(46,47)50/h1-20,50H. The van der Waals surface area contributed by atoms with Crippen LogP contribution in [0.25, 0.3) is 71.6 Å². The molecule has 0 aliphatic rings. The second kappa shape index (κ2) is 12.1. The molecule has 0 unspecified atom stereocenters. The normalized spacial score (nSPS) is 11.9. The van der Waals surface area contributed by atoms with Crippen LogP contribution >= 0.6 is 0 Å². The maximum Gasteiger partial charge on any atom is 0.127 e. The molecule has 7 aromatic carbocycles. The zero-order valence-electron chi connectivity index (χ0n) is 26.9. The van der Waals surface area contributed by atoms with Crippen molar-refractivity contribution in [1.29, 1.82) is 0 Å². The fourth-order valence-electron chi connectivity index (χ4n) is 7.05. The number of benzene rings is 7. The highest BCUT2D eigenvalue weighted by Crippen LogP contribution is 2.44. The highest BCUT2D eigenvalue weighted by atomic mass is 16.3. The fourth-order valence-corrected chi connectivity index (χ4v) is 7.05. The van der Waals surface area contributed by atoms with Crippen LogP contribution in [0.15, 0.2) is 121 Å². The summed E-state index contributed by atoms with van der Waals surface area (Å²) in [5.74, 6) is 0.145. The SMILES string of the molecule is [B]c1c([B])c([B])c(-c2ccc(-c3c4ccccc4c(-c4ccc(-n5c(C([B])([B])O)nc6ccccc65)cc4)c4ccccc34)cc2)c([B])c1[B]. The Morgan fingerprint density at radius 2 is 0.840 bits per heavy atom. The average molecular weight is 621 g/mol. The zero-order chi connectivity index (χ0) is 34.9. The summed E-state index contributed by atoms with van der Waals surface area (Å²) in [4.78, 5) is 4.54. The van der Waals surface area contributed by atoms with Crippen LogP contribution in [0, 0.1) is 0 Å². The molecule has 8 rings (SSSR count). The van der Waals surface area contributed by atoms with Crippen LogP contribution in [0.5, 0.6) is 0 Å². The summed E-state index contributed by atoms with van der Waals surface area (Å²) in [6.07, 6.45) is 0. The molecule has 0 fully saturated rings. The maximum absolute atomic E-state index is 10.6. The van der Waals surface area contributed by atoms with Crippen LogP contribution in [0.2, 0.25) is 0 Å². The van der Waals surface area contributed by atoms with E-state index < -0.39 is 5.40 Å². The van der Waals surface area contributed by atoms with Crippen molar-refractivity contribution in [3.8, 4) is 39.1 Å². The van der Waals surface area contributed by atoms with Gasteiger partial charge in [0.2, 0.25) is 0 Å². The van der Waals surface area contributed by atoms with E-state index in [2.05, 4.69) is 77.8 Å². The predicted molar refractivity (Wildman–Crippen MR) is 215 cm³/mol. The van der Waals surface area contributed by atoms with Crippen LogP contribution in [-0.4, -0.2) is 69.6 Å². The third-order valence-electron chi connectivity index (χ3n) is 9.43. The number of hydrogen-bond acceptors (Lipinski definition) is 2. The van der Waals surface area contributed by atoms with Crippen molar-refractivity contribution >= 4 is 115 Å². The van der Waals surface area contributed by atoms with Gasteiger partial charge < -0.3 is 5.11 Å². The van der Waals surface area contributed by atoms with Gasteiger partial charge in [0.25, 0.3) is 0 Å². The zero-order valence-corrected chi connectivity index (χ0v) is 26.9. The molecule has 0 spiro atoms. The topological polar surface area (TPSA) is 38.0 Å². The van der Waals surface area contributed by atoms with Gasteiger partial charge in [0.15, 0.2) is 0 Å². The van der Waals surface area contributed by atoms with E-state index in [-0.39, 0.29) is 22.2 Å². The highest BCUT2D eigenvalue weighted by molar-refractivity contribution is 6.68. The van der Waals surface area contributed by atoms with Gasteiger partial charge in [0, 0.05) is 11.1 Å². The Bertz CT molecular complexity index is 2540. The molecule has 0 bridgehead atoms. The lowest BCUT2D eigenvalue weighted by molar-refractivity contribution is 0.205. The first-order valence-corrected chi connectivity index (χ1v) is 16.0. The van der Waals surface area contributed by atoms with Gasteiger partial charge in [-0.1, -0.05) is 108 Å². The number of nitrogens with zero attached hydrogens (tertiary/aromatic N) is 2. The first-order chi connectivity index (χ1) is 24.0. The molecule has 14 radical (unpaired) electrons. The Balaban J connectivity index is 1.29. The van der Waals surface area contributed by atoms with Crippen molar-refractivity contribution < 1.29 is 5.11 Å². The van der Waals surface area contributed by atoms with Gasteiger partial charge >= 0.3 is 0 Å². The van der Waals surface area contributed by atoms with E-state index >= 15 is 0 Å². The smallest absolute Gasteiger partial charge is 0.127 e. The van der Waals surface area contributed by atoms with Crippen LogP contribution in [0.1, 0.15) is 5.82 Å². The molecular formula is C40H21B7N2O. The maximum atomic E-state index is 10.6. The van der Waals surface area contributed by atoms with Crippen molar-refractivity contribution in [2.75, 3.05) is 0 Å². The number of hydrogen-bond donors (Lipinski definition) is 1. The van der Waals surface area contributed by atoms with E-state index in [4.69, 9.17) is 54.9 Å². The summed E-state index contributed by atoms with van der Waals surface area (Å²) >= 11 is 0. The summed E-state index contributed by atoms with van der Waals surface area (Å²) in [5, 5.41) is 12.8. The van der Waals surface area contributed by atoms with Crippen molar-refractivity contribution in [2.45, 2.75) is 5.40 Å². The minimum atomic E-state index is -2.13. The predicted octanol–water partition coefficient (Wildman–Crippen LogP) is 2.74. The number of para-hydroxylation sites is 2. The molecule has 0 aliphatic heterocycles. The minimum absolute atomic E-state index is 0.145. The first-order valence-electron chi connectivity index (χ1n) is 16.0. The molecule has 8 aromatic rings. The summed E-state index contributed by atoms with van der Waals surface area (Å²) in [5.41, 5.74) is 9.03. The third kappa shape index (κ3) is 5.08. The summed E-state index contributed by atoms with van der Waals surface area (Å²) in [7, 11) is 43.0. The van der Waals surface area contributed by atoms with Gasteiger partial charge in [0.05, 0.1) is 11.0 Å². The minimum Gasteiger partial charge on any atom is -0.402 e. The monoisotopic (exact) mass is 622 g/mol. The molecular weight excluding hydrogens is 600 g/mol. The van der Waals surface area contributed by atoms with Crippen LogP contribution in [-0.2, 0) is 5.40 Å². The number of aromatic nitrogens is 2. The number of imidazole rings is 1. The lowest BCUT2D eigenvalue weighted by Gasteiger charge is -2.22. The third-order valence-corrected chi connectivity index (χ3v) is 9.43. The summed E-state index contributed by atoms with van der Waals surface area (Å²) in [6, 6.07) is 40.5. The lowest BCUT2D eigenvalue weighted by Crippen LogP contribution is -2.55. The molecule has 1 heterocycles. The Morgan fingerprint density at radius 3 is 1.30 bits per heavy atom. The van der Waals surface area contributed by atoms with Crippen molar-refractivity contribution in [2.24, 2.45) is 0 Å². The average Bonchev–Trinajstić information content (AvgIpc) is 3.53. The van der Waals surface area contributed by atoms with Gasteiger partial charge in [-0.3, -0.25) is 4.57 Å². The molecule has 50 heavy (non-hydrogen) atoms. The molecule has 10 heteroatoms. The Labute approximate surface area is 300 Å². The molecule has 3 nitrogen and oxygen atoms in total. The summed E-state index contributed by atoms with van der Waals surface area (Å²) < 4.78 is 1.79. The first kappa shape index (κ1) is 32.2. The molecule has 1 aromatic heterocycles. The van der Waals surface area contributed by atoms with Gasteiger partial charge in [-0.15, -0.1) is 16.4 Å². The van der Waals surface area contributed by atoms with Crippen molar-refractivity contribution in [3.05, 3.63) is 127 Å². The number of aliphatic hydroxyl groups is 1. The van der Waals surface area contributed by atoms with E-state index in [1.54, 1.807) is 4.57 Å². The molecule has 0 amide bonds. The van der Waals surface area contributed by atoms with E-state index in [0.29, 0.717) is 22.0 Å². The number of rotatable bonds is 5. The molecule has 218 valence electrons. The van der Waals surface area contributed by atoms with Crippen LogP contribution in [0.4, 0.5) is 0 Å². The van der Waals surface area contributed by atoms with Gasteiger partial charge in [-0.2, -0.15) is 0 Å². The van der Waals surface area contributed by atoms with Crippen LogP contribution < -0.4 is 27.3 Å². The van der Waals surface area contributed by atoms with Crippen LogP contribution in [0.3, 0.4) is 0 Å². The van der Waals surface area contributed by atoms with E-state index in [1.165, 1.54) is 0 Å². The fraction of sp³-hybridized carbons (Fsp3) is 0.0250. The Kier molecular flexibility index (Phi) is 7.76. The second-order valence-electron chi connectivity index (χ2n) is 12.5. The van der Waals surface area contributed by atoms with Crippen molar-refractivity contribution in [3.63, 3.8) is 0 Å². The highest BCUT2D eigenvalue weighted by Gasteiger charge is 2.25. The quantitative estimate of drug-likeness (QED) is 0.237. The van der Waals surface area contributed by atoms with Crippen molar-refractivity contribution in [1.82, 2.24) is 9.55 Å². The molecule has 0 saturated carbocycles. The van der Waals surface area contributed by atoms with E-state index in [0.717, 1.165) is 60.6 Å². The Morgan fingerprint density at radius 1 is 0.460 bits per heavy atom. The number of fused-ring (bicyclic) bond motifs is 3. The molecule has 0 aliphatic carbocycles. The molecule has 0 atom stereocenters.